The fourth-order valence-corrected chi connectivity index (χ4v) is 3.97. The van der Waals surface area contributed by atoms with Crippen LogP contribution in [0.1, 0.15) is 39.9 Å². The summed E-state index contributed by atoms with van der Waals surface area (Å²) in [5.41, 5.74) is 3.51. The number of amides is 2. The van der Waals surface area contributed by atoms with Gasteiger partial charge in [0.1, 0.15) is 11.6 Å². The Morgan fingerprint density at radius 3 is 2.50 bits per heavy atom. The maximum absolute atomic E-state index is 13.8. The molecule has 30 heavy (non-hydrogen) atoms. The van der Waals surface area contributed by atoms with Crippen LogP contribution in [0.2, 0.25) is 0 Å². The smallest absolute Gasteiger partial charge is 0.256 e. The molecule has 0 unspecified atom stereocenters. The molecule has 5 nitrogen and oxygen atoms in total. The van der Waals surface area contributed by atoms with Gasteiger partial charge in [0.25, 0.3) is 5.91 Å². The van der Waals surface area contributed by atoms with Crippen LogP contribution in [0, 0.1) is 17.6 Å². The van der Waals surface area contributed by atoms with Crippen molar-refractivity contribution in [3.8, 4) is 0 Å². The number of rotatable bonds is 4. The van der Waals surface area contributed by atoms with E-state index in [9.17, 15) is 18.4 Å². The molecule has 2 N–H and O–H groups in total. The van der Waals surface area contributed by atoms with Crippen molar-refractivity contribution >= 4 is 24.2 Å². The van der Waals surface area contributed by atoms with E-state index in [2.05, 4.69) is 22.8 Å². The Hall–Kier alpha value is -2.51. The van der Waals surface area contributed by atoms with Crippen molar-refractivity contribution in [2.24, 2.45) is 5.92 Å². The topological polar surface area (TPSA) is 61.4 Å². The number of fused-ring (bicyclic) bond motifs is 1. The van der Waals surface area contributed by atoms with Gasteiger partial charge < -0.3 is 15.5 Å². The van der Waals surface area contributed by atoms with Crippen molar-refractivity contribution in [3.63, 3.8) is 0 Å². The molecule has 0 spiro atoms. The van der Waals surface area contributed by atoms with Crippen molar-refractivity contribution in [1.82, 2.24) is 15.5 Å². The molecule has 2 aliphatic rings. The van der Waals surface area contributed by atoms with Gasteiger partial charge in [-0.3, -0.25) is 9.59 Å². The van der Waals surface area contributed by atoms with Gasteiger partial charge in [0.05, 0.1) is 5.56 Å². The number of halogens is 3. The monoisotopic (exact) mass is 435 g/mol. The minimum absolute atomic E-state index is 0. The molecule has 2 heterocycles. The van der Waals surface area contributed by atoms with Gasteiger partial charge in [-0.15, -0.1) is 12.4 Å². The normalized spacial score (nSPS) is 16.0. The molecular weight excluding hydrogens is 412 g/mol. The molecule has 0 saturated carbocycles. The second-order valence-electron chi connectivity index (χ2n) is 7.62. The fraction of sp³-hybridized carbons (Fsp3) is 0.364. The summed E-state index contributed by atoms with van der Waals surface area (Å²) in [6, 6.07) is 9.19. The van der Waals surface area contributed by atoms with Crippen molar-refractivity contribution in [2.75, 3.05) is 13.1 Å². The van der Waals surface area contributed by atoms with Crippen molar-refractivity contribution in [1.29, 1.82) is 0 Å². The molecular formula is C22H24ClF2N3O2. The van der Waals surface area contributed by atoms with Crippen molar-refractivity contribution in [2.45, 2.75) is 32.5 Å². The van der Waals surface area contributed by atoms with E-state index in [0.717, 1.165) is 30.8 Å². The third-order valence-corrected chi connectivity index (χ3v) is 5.68. The van der Waals surface area contributed by atoms with Gasteiger partial charge in [-0.2, -0.15) is 0 Å². The largest absolute Gasteiger partial charge is 0.352 e. The number of benzene rings is 2. The van der Waals surface area contributed by atoms with Crippen LogP contribution in [0.5, 0.6) is 0 Å². The van der Waals surface area contributed by atoms with E-state index in [1.54, 1.807) is 0 Å². The Morgan fingerprint density at radius 2 is 1.77 bits per heavy atom. The van der Waals surface area contributed by atoms with E-state index in [4.69, 9.17) is 0 Å². The number of nitrogens with one attached hydrogen (secondary N) is 2. The van der Waals surface area contributed by atoms with Gasteiger partial charge >= 0.3 is 0 Å². The second-order valence-corrected chi connectivity index (χ2v) is 7.62. The van der Waals surface area contributed by atoms with Crippen molar-refractivity contribution in [3.05, 3.63) is 70.3 Å². The zero-order valence-electron chi connectivity index (χ0n) is 16.4. The van der Waals surface area contributed by atoms with Crippen LogP contribution in [-0.4, -0.2) is 29.8 Å². The van der Waals surface area contributed by atoms with Crippen LogP contribution in [0.3, 0.4) is 0 Å². The molecule has 1 saturated heterocycles. The van der Waals surface area contributed by atoms with E-state index in [1.165, 1.54) is 16.0 Å². The maximum atomic E-state index is 13.8. The van der Waals surface area contributed by atoms with Crippen molar-refractivity contribution < 1.29 is 18.4 Å². The lowest BCUT2D eigenvalue weighted by molar-refractivity contribution is -0.126. The number of carbonyl (C=O) groups excluding carboxylic acids is 2. The Balaban J connectivity index is 0.00000256. The Morgan fingerprint density at radius 1 is 1.03 bits per heavy atom. The van der Waals surface area contributed by atoms with Gasteiger partial charge in [0, 0.05) is 44.7 Å². The summed E-state index contributed by atoms with van der Waals surface area (Å²) in [5, 5.41) is 6.29. The molecule has 4 rings (SSSR count). The first-order valence-corrected chi connectivity index (χ1v) is 9.84. The summed E-state index contributed by atoms with van der Waals surface area (Å²) in [7, 11) is 0. The zero-order chi connectivity index (χ0) is 20.4. The minimum Gasteiger partial charge on any atom is -0.352 e. The zero-order valence-corrected chi connectivity index (χ0v) is 17.2. The highest BCUT2D eigenvalue weighted by Crippen LogP contribution is 2.21. The van der Waals surface area contributed by atoms with Gasteiger partial charge in [0.15, 0.2) is 0 Å². The molecule has 8 heteroatoms. The Labute approximate surface area is 180 Å². The molecule has 2 aliphatic heterocycles. The standard InChI is InChI=1S/C22H23F2N3O2.ClH/c23-18-3-4-19(20(24)10-18)22(29)27-7-5-15(6-8-27)21(28)26-11-14-1-2-16-12-25-13-17(16)9-14;/h1-4,9-10,15,25H,5-8,11-13H2,(H,26,28);1H. The number of hydrogen-bond donors (Lipinski definition) is 2. The number of nitrogens with zero attached hydrogens (tertiary/aromatic N) is 1. The van der Waals surface area contributed by atoms with Gasteiger partial charge in [-0.05, 0) is 41.7 Å². The summed E-state index contributed by atoms with van der Waals surface area (Å²) < 4.78 is 26.9. The summed E-state index contributed by atoms with van der Waals surface area (Å²) >= 11 is 0. The predicted octanol–water partition coefficient (Wildman–Crippen LogP) is 3.16. The first kappa shape index (κ1) is 22.2. The Bertz CT molecular complexity index is 946. The van der Waals surface area contributed by atoms with Crippen LogP contribution in [0.4, 0.5) is 8.78 Å². The molecule has 0 radical (unpaired) electrons. The second kappa shape index (κ2) is 9.53. The summed E-state index contributed by atoms with van der Waals surface area (Å²) in [6.45, 7) is 2.97. The molecule has 2 aromatic carbocycles. The molecule has 0 aliphatic carbocycles. The van der Waals surface area contributed by atoms with E-state index in [1.807, 2.05) is 6.07 Å². The first-order chi connectivity index (χ1) is 14.0. The summed E-state index contributed by atoms with van der Waals surface area (Å²) in [6.07, 6.45) is 1.04. The SMILES string of the molecule is Cl.O=C(NCc1ccc2c(c1)CNC2)C1CCN(C(=O)c2ccc(F)cc2F)CC1. The van der Waals surface area contributed by atoms with Gasteiger partial charge in [-0.25, -0.2) is 8.78 Å². The fourth-order valence-electron chi connectivity index (χ4n) is 3.97. The third kappa shape index (κ3) is 4.79. The van der Waals surface area contributed by atoms with Crippen LogP contribution >= 0.6 is 12.4 Å². The third-order valence-electron chi connectivity index (χ3n) is 5.68. The Kier molecular flexibility index (Phi) is 7.05. The van der Waals surface area contributed by atoms with E-state index >= 15 is 0 Å². The van der Waals surface area contributed by atoms with Crippen LogP contribution in [0.15, 0.2) is 36.4 Å². The first-order valence-electron chi connectivity index (χ1n) is 9.84. The molecule has 2 aromatic rings. The number of hydrogen-bond acceptors (Lipinski definition) is 3. The average Bonchev–Trinajstić information content (AvgIpc) is 3.19. The average molecular weight is 436 g/mol. The molecule has 0 atom stereocenters. The summed E-state index contributed by atoms with van der Waals surface area (Å²) in [5.74, 6) is -2.24. The minimum atomic E-state index is -0.862. The highest BCUT2D eigenvalue weighted by molar-refractivity contribution is 5.94. The molecule has 1 fully saturated rings. The lowest BCUT2D eigenvalue weighted by atomic mass is 9.95. The number of likely N-dealkylation sites (tertiary alicyclic amines) is 1. The lowest BCUT2D eigenvalue weighted by Gasteiger charge is -2.31. The molecule has 160 valence electrons. The summed E-state index contributed by atoms with van der Waals surface area (Å²) in [4.78, 5) is 26.5. The van der Waals surface area contributed by atoms with E-state index in [-0.39, 0.29) is 29.8 Å². The molecule has 2 amide bonds. The van der Waals surface area contributed by atoms with E-state index < -0.39 is 17.5 Å². The number of piperidine rings is 1. The highest BCUT2D eigenvalue weighted by Gasteiger charge is 2.28. The van der Waals surface area contributed by atoms with Gasteiger partial charge in [0.2, 0.25) is 5.91 Å². The lowest BCUT2D eigenvalue weighted by Crippen LogP contribution is -2.43. The molecule has 0 aromatic heterocycles. The van der Waals surface area contributed by atoms with Gasteiger partial charge in [-0.1, -0.05) is 18.2 Å². The van der Waals surface area contributed by atoms with E-state index in [0.29, 0.717) is 38.5 Å². The predicted molar refractivity (Wildman–Crippen MR) is 111 cm³/mol. The van der Waals surface area contributed by atoms with Crippen LogP contribution in [-0.2, 0) is 24.4 Å². The molecule has 0 bridgehead atoms. The maximum Gasteiger partial charge on any atom is 0.256 e. The highest BCUT2D eigenvalue weighted by atomic mass is 35.5. The van der Waals surface area contributed by atoms with Crippen LogP contribution in [0.25, 0.3) is 0 Å². The van der Waals surface area contributed by atoms with Crippen LogP contribution < -0.4 is 10.6 Å². The quantitative estimate of drug-likeness (QED) is 0.775. The number of carbonyl (C=O) groups is 2.